The minimum absolute atomic E-state index is 0.0828. The van der Waals surface area contributed by atoms with E-state index >= 15 is 0 Å². The van der Waals surface area contributed by atoms with Crippen molar-refractivity contribution in [1.82, 2.24) is 4.90 Å². The first-order chi connectivity index (χ1) is 7.58. The maximum atomic E-state index is 11.5. The van der Waals surface area contributed by atoms with E-state index in [4.69, 9.17) is 10.2 Å². The quantitative estimate of drug-likeness (QED) is 0.710. The van der Waals surface area contributed by atoms with Gasteiger partial charge in [0.1, 0.15) is 5.00 Å². The molecule has 2 amide bonds. The van der Waals surface area contributed by atoms with Crippen molar-refractivity contribution >= 4 is 28.3 Å². The number of amides is 2. The Morgan fingerprint density at radius 3 is 2.75 bits per heavy atom. The first-order valence-electron chi connectivity index (χ1n) is 4.62. The minimum Gasteiger partial charge on any atom is -0.478 e. The van der Waals surface area contributed by atoms with Crippen LogP contribution in [0.1, 0.15) is 10.4 Å². The molecule has 0 aliphatic carbocycles. The van der Waals surface area contributed by atoms with E-state index in [9.17, 15) is 9.59 Å². The van der Waals surface area contributed by atoms with Crippen LogP contribution in [0.25, 0.3) is 0 Å². The molecular formula is C9H10N2O4S. The van der Waals surface area contributed by atoms with Gasteiger partial charge in [-0.2, -0.15) is 0 Å². The molecule has 0 atom stereocenters. The molecule has 16 heavy (non-hydrogen) atoms. The van der Waals surface area contributed by atoms with E-state index in [-0.39, 0.29) is 11.6 Å². The highest BCUT2D eigenvalue weighted by molar-refractivity contribution is 7.14. The highest BCUT2D eigenvalue weighted by atomic mass is 32.1. The lowest BCUT2D eigenvalue weighted by Crippen LogP contribution is -2.54. The number of carboxylic acids is 1. The van der Waals surface area contributed by atoms with Gasteiger partial charge in [-0.1, -0.05) is 0 Å². The van der Waals surface area contributed by atoms with Crippen LogP contribution < -0.4 is 5.32 Å². The maximum Gasteiger partial charge on any atom is 0.338 e. The van der Waals surface area contributed by atoms with Crippen molar-refractivity contribution in [3.05, 3.63) is 17.0 Å². The average molecular weight is 242 g/mol. The molecule has 0 saturated carbocycles. The van der Waals surface area contributed by atoms with Crippen LogP contribution in [0.2, 0.25) is 0 Å². The molecule has 0 bridgehead atoms. The number of carboxylic acid groups (broad SMARTS) is 1. The fraction of sp³-hybridized carbons (Fsp3) is 0.333. The van der Waals surface area contributed by atoms with Crippen LogP contribution in [0.15, 0.2) is 11.4 Å². The third-order valence-electron chi connectivity index (χ3n) is 2.27. The lowest BCUT2D eigenvalue weighted by atomic mass is 10.2. The molecule has 2 rings (SSSR count). The van der Waals surface area contributed by atoms with Crippen molar-refractivity contribution in [1.29, 1.82) is 0 Å². The highest BCUT2D eigenvalue weighted by Gasteiger charge is 2.29. The van der Waals surface area contributed by atoms with Crippen LogP contribution in [0.3, 0.4) is 0 Å². The molecule has 2 heterocycles. The average Bonchev–Trinajstić information content (AvgIpc) is 2.60. The van der Waals surface area contributed by atoms with E-state index in [1.807, 2.05) is 0 Å². The largest absolute Gasteiger partial charge is 0.478 e. The molecule has 0 radical (unpaired) electrons. The van der Waals surface area contributed by atoms with E-state index in [1.54, 1.807) is 5.38 Å². The Morgan fingerprint density at radius 1 is 1.50 bits per heavy atom. The Bertz CT molecular complexity index is 425. The van der Waals surface area contributed by atoms with Gasteiger partial charge in [0.2, 0.25) is 0 Å². The maximum absolute atomic E-state index is 11.5. The minimum atomic E-state index is -1.07. The molecular weight excluding hydrogens is 232 g/mol. The smallest absolute Gasteiger partial charge is 0.338 e. The lowest BCUT2D eigenvalue weighted by molar-refractivity contribution is 0.0309. The summed E-state index contributed by atoms with van der Waals surface area (Å²) in [5, 5.41) is 22.3. The fourth-order valence-corrected chi connectivity index (χ4v) is 2.14. The summed E-state index contributed by atoms with van der Waals surface area (Å²) in [6.45, 7) is 0.583. The number of nitrogens with zero attached hydrogens (tertiary/aromatic N) is 1. The van der Waals surface area contributed by atoms with Crippen molar-refractivity contribution < 1.29 is 19.8 Å². The van der Waals surface area contributed by atoms with E-state index in [2.05, 4.69) is 5.32 Å². The van der Waals surface area contributed by atoms with Gasteiger partial charge in [-0.15, -0.1) is 11.3 Å². The molecule has 1 aromatic heterocycles. The molecule has 1 fully saturated rings. The monoisotopic (exact) mass is 242 g/mol. The number of aromatic carboxylic acids is 1. The first kappa shape index (κ1) is 10.9. The normalized spacial score (nSPS) is 15.7. The van der Waals surface area contributed by atoms with Crippen molar-refractivity contribution in [2.75, 3.05) is 18.4 Å². The molecule has 1 saturated heterocycles. The molecule has 6 nitrogen and oxygen atoms in total. The fourth-order valence-electron chi connectivity index (χ4n) is 1.37. The third kappa shape index (κ3) is 2.00. The number of urea groups is 1. The third-order valence-corrected chi connectivity index (χ3v) is 3.10. The zero-order chi connectivity index (χ0) is 11.7. The number of hydrogen-bond acceptors (Lipinski definition) is 4. The number of aliphatic hydroxyl groups excluding tert-OH is 1. The first-order valence-corrected chi connectivity index (χ1v) is 5.50. The number of likely N-dealkylation sites (tertiary alicyclic amines) is 1. The van der Waals surface area contributed by atoms with Crippen LogP contribution in [0.5, 0.6) is 0 Å². The van der Waals surface area contributed by atoms with Gasteiger partial charge in [-0.05, 0) is 11.4 Å². The molecule has 86 valence electrons. The summed E-state index contributed by atoms with van der Waals surface area (Å²) >= 11 is 1.16. The van der Waals surface area contributed by atoms with Gasteiger partial charge >= 0.3 is 12.0 Å². The lowest BCUT2D eigenvalue weighted by Gasteiger charge is -2.35. The topological polar surface area (TPSA) is 89.9 Å². The van der Waals surface area contributed by atoms with Gasteiger partial charge < -0.3 is 15.1 Å². The number of carbonyl (C=O) groups excluding carboxylic acids is 1. The Kier molecular flexibility index (Phi) is 2.80. The second kappa shape index (κ2) is 4.11. The number of aliphatic hydroxyl groups is 1. The molecule has 1 aliphatic rings. The van der Waals surface area contributed by atoms with Crippen molar-refractivity contribution in [2.24, 2.45) is 0 Å². The predicted molar refractivity (Wildman–Crippen MR) is 57.9 cm³/mol. The zero-order valence-corrected chi connectivity index (χ0v) is 9.03. The molecule has 0 aromatic carbocycles. The number of carbonyl (C=O) groups is 2. The number of thiophene rings is 1. The summed E-state index contributed by atoms with van der Waals surface area (Å²) in [5.74, 6) is -1.07. The van der Waals surface area contributed by atoms with Crippen molar-refractivity contribution in [2.45, 2.75) is 6.10 Å². The second-order valence-corrected chi connectivity index (χ2v) is 4.37. The van der Waals surface area contributed by atoms with E-state index in [0.717, 1.165) is 11.3 Å². The van der Waals surface area contributed by atoms with E-state index in [0.29, 0.717) is 18.1 Å². The van der Waals surface area contributed by atoms with Crippen molar-refractivity contribution in [3.63, 3.8) is 0 Å². The van der Waals surface area contributed by atoms with Crippen LogP contribution in [0, 0.1) is 0 Å². The van der Waals surface area contributed by atoms with Gasteiger partial charge in [0.05, 0.1) is 24.8 Å². The second-order valence-electron chi connectivity index (χ2n) is 3.46. The van der Waals surface area contributed by atoms with Crippen LogP contribution >= 0.6 is 11.3 Å². The van der Waals surface area contributed by atoms with Gasteiger partial charge in [0, 0.05) is 0 Å². The Labute approximate surface area is 95.1 Å². The standard InChI is InChI=1S/C9H10N2O4S/c12-5-3-11(4-5)9(15)10-7-6(8(13)14)1-2-16-7/h1-2,5,12H,3-4H2,(H,10,15)(H,13,14). The SMILES string of the molecule is O=C(O)c1ccsc1NC(=O)N1CC(O)C1. The number of hydrogen-bond donors (Lipinski definition) is 3. The molecule has 7 heteroatoms. The zero-order valence-electron chi connectivity index (χ0n) is 8.21. The molecule has 0 spiro atoms. The highest BCUT2D eigenvalue weighted by Crippen LogP contribution is 2.24. The number of nitrogens with one attached hydrogen (secondary N) is 1. The van der Waals surface area contributed by atoms with Crippen molar-refractivity contribution in [3.8, 4) is 0 Å². The van der Waals surface area contributed by atoms with Crippen LogP contribution in [-0.2, 0) is 0 Å². The summed E-state index contributed by atoms with van der Waals surface area (Å²) in [7, 11) is 0. The predicted octanol–water partition coefficient (Wildman–Crippen LogP) is 0.655. The summed E-state index contributed by atoms with van der Waals surface area (Å²) in [5.41, 5.74) is 0.0828. The number of β-amino-alcohol motifs (C(OH)–C–C–N with tert-alkyl or cyclic N) is 1. The molecule has 1 aromatic rings. The van der Waals surface area contributed by atoms with Crippen LogP contribution in [-0.4, -0.2) is 46.3 Å². The van der Waals surface area contributed by atoms with Crippen LogP contribution in [0.4, 0.5) is 9.80 Å². The van der Waals surface area contributed by atoms with Gasteiger partial charge in [-0.25, -0.2) is 9.59 Å². The van der Waals surface area contributed by atoms with E-state index < -0.39 is 12.1 Å². The molecule has 1 aliphatic heterocycles. The Morgan fingerprint density at radius 2 is 2.19 bits per heavy atom. The summed E-state index contributed by atoms with van der Waals surface area (Å²) < 4.78 is 0. The number of rotatable bonds is 2. The summed E-state index contributed by atoms with van der Waals surface area (Å²) in [6.07, 6.45) is -0.465. The van der Waals surface area contributed by atoms with Gasteiger partial charge in [-0.3, -0.25) is 5.32 Å². The summed E-state index contributed by atoms with van der Waals surface area (Å²) in [4.78, 5) is 23.7. The summed E-state index contributed by atoms with van der Waals surface area (Å²) in [6, 6.07) is 1.06. The van der Waals surface area contributed by atoms with Gasteiger partial charge in [0.15, 0.2) is 0 Å². The van der Waals surface area contributed by atoms with Gasteiger partial charge in [0.25, 0.3) is 0 Å². The molecule has 3 N–H and O–H groups in total. The Balaban J connectivity index is 2.01. The Hall–Kier alpha value is -1.60. The number of anilines is 1. The van der Waals surface area contributed by atoms with E-state index in [1.165, 1.54) is 11.0 Å². The molecule has 0 unspecified atom stereocenters.